The molecule has 2 aliphatic rings. The minimum Gasteiger partial charge on any atom is -0.494 e. The lowest BCUT2D eigenvalue weighted by Gasteiger charge is -2.28. The molecule has 1 saturated carbocycles. The van der Waals surface area contributed by atoms with Gasteiger partial charge >= 0.3 is 0 Å². The largest absolute Gasteiger partial charge is 0.494 e. The molecule has 2 atom stereocenters. The predicted molar refractivity (Wildman–Crippen MR) is 171 cm³/mol. The van der Waals surface area contributed by atoms with E-state index in [1.165, 1.54) is 18.1 Å². The van der Waals surface area contributed by atoms with E-state index in [0.717, 1.165) is 42.7 Å². The number of rotatable bonds is 6. The lowest BCUT2D eigenvalue weighted by molar-refractivity contribution is 0.0822. The number of anilines is 1. The summed E-state index contributed by atoms with van der Waals surface area (Å²) in [5.74, 6) is 0.347. The zero-order valence-electron chi connectivity index (χ0n) is 25.8. The molecule has 43 heavy (non-hydrogen) atoms. The number of carbonyl (C=O) groups is 2. The van der Waals surface area contributed by atoms with Crippen LogP contribution in [0.5, 0.6) is 5.75 Å². The molecule has 4 N–H and O–H groups in total. The maximum Gasteiger partial charge on any atom is 0.251 e. The Morgan fingerprint density at radius 1 is 1.07 bits per heavy atom. The van der Waals surface area contributed by atoms with E-state index in [1.807, 2.05) is 24.3 Å². The first kappa shape index (κ1) is 30.8. The van der Waals surface area contributed by atoms with Gasteiger partial charge in [0.25, 0.3) is 5.91 Å². The lowest BCUT2D eigenvalue weighted by atomic mass is 9.85. The molecule has 3 aromatic carbocycles. The van der Waals surface area contributed by atoms with Crippen molar-refractivity contribution in [2.75, 3.05) is 25.0 Å². The average Bonchev–Trinajstić information content (AvgIpc) is 3.78. The highest BCUT2D eigenvalue weighted by molar-refractivity contribution is 6.01. The van der Waals surface area contributed by atoms with Gasteiger partial charge in [0.05, 0.1) is 18.8 Å². The Bertz CT molecular complexity index is 1460. The van der Waals surface area contributed by atoms with Crippen LogP contribution >= 0.6 is 0 Å². The Labute approximate surface area is 255 Å². The molecule has 0 saturated heterocycles. The van der Waals surface area contributed by atoms with Crippen LogP contribution in [0.2, 0.25) is 0 Å². The fourth-order valence-corrected chi connectivity index (χ4v) is 5.68. The molecule has 1 fully saturated rings. The summed E-state index contributed by atoms with van der Waals surface area (Å²) in [6.07, 6.45) is 3.31. The number of aliphatic hydroxyl groups is 1. The van der Waals surface area contributed by atoms with Crippen LogP contribution < -0.4 is 20.7 Å². The summed E-state index contributed by atoms with van der Waals surface area (Å²) >= 11 is 0. The third kappa shape index (κ3) is 7.84. The second-order valence-corrected chi connectivity index (χ2v) is 13.1. The third-order valence-electron chi connectivity index (χ3n) is 8.59. The Hall–Kier alpha value is -3.68. The number of benzene rings is 3. The van der Waals surface area contributed by atoms with Gasteiger partial charge in [-0.25, -0.2) is 0 Å². The van der Waals surface area contributed by atoms with Gasteiger partial charge in [0, 0.05) is 35.4 Å². The fraction of sp³-hybridized carbons (Fsp3) is 0.444. The number of hydrogen-bond acceptors (Lipinski definition) is 6. The van der Waals surface area contributed by atoms with Crippen molar-refractivity contribution in [3.63, 3.8) is 0 Å². The van der Waals surface area contributed by atoms with E-state index >= 15 is 0 Å². The van der Waals surface area contributed by atoms with Gasteiger partial charge in [-0.3, -0.25) is 9.59 Å². The van der Waals surface area contributed by atoms with Crippen molar-refractivity contribution in [1.82, 2.24) is 10.6 Å². The van der Waals surface area contributed by atoms with Crippen LogP contribution in [0.1, 0.15) is 90.8 Å². The second-order valence-electron chi connectivity index (χ2n) is 13.1. The van der Waals surface area contributed by atoms with Gasteiger partial charge in [0.2, 0.25) is 0 Å². The number of ketones is 1. The maximum absolute atomic E-state index is 13.6. The van der Waals surface area contributed by atoms with E-state index in [0.29, 0.717) is 37.2 Å². The molecule has 228 valence electrons. The number of ether oxygens (including phenoxy) is 1. The Morgan fingerprint density at radius 2 is 1.86 bits per heavy atom. The van der Waals surface area contributed by atoms with Crippen molar-refractivity contribution in [2.24, 2.45) is 0 Å². The normalized spacial score (nSPS) is 19.4. The first-order chi connectivity index (χ1) is 20.5. The van der Waals surface area contributed by atoms with Gasteiger partial charge in [-0.1, -0.05) is 57.2 Å². The van der Waals surface area contributed by atoms with E-state index in [4.69, 9.17) is 4.74 Å². The molecule has 0 unspecified atom stereocenters. The number of nitrogens with one attached hydrogen (secondary N) is 3. The summed E-state index contributed by atoms with van der Waals surface area (Å²) in [4.78, 5) is 25.9. The summed E-state index contributed by atoms with van der Waals surface area (Å²) in [5.41, 5.74) is 4.95. The summed E-state index contributed by atoms with van der Waals surface area (Å²) in [7, 11) is 0. The number of amides is 1. The number of aliphatic hydroxyl groups excluding tert-OH is 1. The highest BCUT2D eigenvalue weighted by Crippen LogP contribution is 2.46. The average molecular weight is 584 g/mol. The lowest BCUT2D eigenvalue weighted by Crippen LogP contribution is -2.50. The van der Waals surface area contributed by atoms with Gasteiger partial charge in [-0.2, -0.15) is 0 Å². The Balaban J connectivity index is 1.39. The molecule has 7 heteroatoms. The molecule has 1 aliphatic carbocycles. The van der Waals surface area contributed by atoms with Crippen LogP contribution in [0.15, 0.2) is 66.7 Å². The number of carbonyl (C=O) groups excluding carboxylic acids is 2. The maximum atomic E-state index is 13.6. The van der Waals surface area contributed by atoms with Crippen molar-refractivity contribution in [1.29, 1.82) is 0 Å². The van der Waals surface area contributed by atoms with E-state index in [2.05, 4.69) is 61.0 Å². The standard InChI is InChI=1S/C36H45N3O4/c1-24(40)26-19-27-21-30(20-26)37-15-5-6-16-43-31-12-7-9-25(17-31)18-32(39-34(27)42)33(41)23-38-36(13-14-36)29-11-8-10-28(22-29)35(2,3)4/h7-12,17,19-22,32-33,37-38,41H,5-6,13-16,18,23H2,1-4H3,(H,39,42)/t32-,33+/m0/s1. The van der Waals surface area contributed by atoms with Crippen LogP contribution in [-0.4, -0.2) is 48.6 Å². The smallest absolute Gasteiger partial charge is 0.251 e. The van der Waals surface area contributed by atoms with E-state index in [1.54, 1.807) is 18.2 Å². The first-order valence-corrected chi connectivity index (χ1v) is 15.5. The van der Waals surface area contributed by atoms with Gasteiger partial charge in [-0.15, -0.1) is 0 Å². The fourth-order valence-electron chi connectivity index (χ4n) is 5.68. The zero-order chi connectivity index (χ0) is 30.6. The topological polar surface area (TPSA) is 99.7 Å². The molecule has 0 aromatic heterocycles. The van der Waals surface area contributed by atoms with Crippen molar-refractivity contribution in [3.8, 4) is 5.75 Å². The van der Waals surface area contributed by atoms with Crippen LogP contribution in [0, 0.1) is 0 Å². The highest BCUT2D eigenvalue weighted by atomic mass is 16.5. The molecule has 1 aliphatic heterocycles. The van der Waals surface area contributed by atoms with Crippen molar-refractivity contribution in [2.45, 2.75) is 82.9 Å². The molecule has 0 radical (unpaired) electrons. The Morgan fingerprint density at radius 3 is 2.60 bits per heavy atom. The second kappa shape index (κ2) is 12.9. The van der Waals surface area contributed by atoms with Crippen LogP contribution in [0.25, 0.3) is 0 Å². The Kier molecular flexibility index (Phi) is 9.23. The van der Waals surface area contributed by atoms with Crippen LogP contribution in [-0.2, 0) is 17.4 Å². The minimum absolute atomic E-state index is 0.0485. The summed E-state index contributed by atoms with van der Waals surface area (Å²) in [6, 6.07) is 21.2. The van der Waals surface area contributed by atoms with Crippen molar-refractivity contribution >= 4 is 17.4 Å². The molecule has 5 rings (SSSR count). The third-order valence-corrected chi connectivity index (χ3v) is 8.59. The number of Topliss-reactive ketones (excluding diaryl/α,β-unsaturated/α-hetero) is 1. The molecule has 4 bridgehead atoms. The quantitative estimate of drug-likeness (QED) is 0.276. The van der Waals surface area contributed by atoms with E-state index in [9.17, 15) is 14.7 Å². The van der Waals surface area contributed by atoms with E-state index in [-0.39, 0.29) is 22.6 Å². The summed E-state index contributed by atoms with van der Waals surface area (Å²) in [5, 5.41) is 21.7. The van der Waals surface area contributed by atoms with Gasteiger partial charge in [0.15, 0.2) is 5.78 Å². The molecular weight excluding hydrogens is 538 g/mol. The number of hydrogen-bond donors (Lipinski definition) is 4. The molecule has 7 nitrogen and oxygen atoms in total. The molecule has 1 amide bonds. The first-order valence-electron chi connectivity index (χ1n) is 15.5. The van der Waals surface area contributed by atoms with Gasteiger partial charge in [-0.05, 0) is 91.5 Å². The summed E-state index contributed by atoms with van der Waals surface area (Å²) in [6.45, 7) is 9.75. The van der Waals surface area contributed by atoms with Crippen LogP contribution in [0.4, 0.5) is 5.69 Å². The van der Waals surface area contributed by atoms with Crippen LogP contribution in [0.3, 0.4) is 0 Å². The van der Waals surface area contributed by atoms with Crippen molar-refractivity contribution in [3.05, 3.63) is 94.5 Å². The molecule has 3 aromatic rings. The summed E-state index contributed by atoms with van der Waals surface area (Å²) < 4.78 is 6.01. The molecule has 1 heterocycles. The predicted octanol–water partition coefficient (Wildman–Crippen LogP) is 5.75. The monoisotopic (exact) mass is 583 g/mol. The zero-order valence-corrected chi connectivity index (χ0v) is 25.8. The SMILES string of the molecule is CC(=O)c1cc2cc(c1)C(=O)N[C@H]([C@H](O)CNC1(c3cccc(C(C)(C)C)c3)CC1)Cc1cccc(c1)OCCCCN2. The molecule has 0 spiro atoms. The minimum atomic E-state index is -0.857. The van der Waals surface area contributed by atoms with Gasteiger partial charge in [0.1, 0.15) is 5.75 Å². The molecular formula is C36H45N3O4. The van der Waals surface area contributed by atoms with Crippen molar-refractivity contribution < 1.29 is 19.4 Å². The highest BCUT2D eigenvalue weighted by Gasteiger charge is 2.44. The number of fused-ring (bicyclic) bond motifs is 4. The van der Waals surface area contributed by atoms with Gasteiger partial charge < -0.3 is 25.8 Å². The van der Waals surface area contributed by atoms with E-state index < -0.39 is 12.1 Å².